The summed E-state index contributed by atoms with van der Waals surface area (Å²) in [4.78, 5) is 12.7. The van der Waals surface area contributed by atoms with Gasteiger partial charge in [0.15, 0.2) is 0 Å². The summed E-state index contributed by atoms with van der Waals surface area (Å²) in [5, 5.41) is 6.71. The first-order chi connectivity index (χ1) is 12.8. The van der Waals surface area contributed by atoms with Crippen LogP contribution in [0.3, 0.4) is 0 Å². The lowest BCUT2D eigenvalue weighted by atomic mass is 10.2. The van der Waals surface area contributed by atoms with Crippen molar-refractivity contribution >= 4 is 39.2 Å². The van der Waals surface area contributed by atoms with Crippen LogP contribution in [0.2, 0.25) is 0 Å². The predicted octanol–water partition coefficient (Wildman–Crippen LogP) is 4.82. The first-order valence-electron chi connectivity index (χ1n) is 7.89. The number of nitrogens with one attached hydrogen (secondary N) is 1. The fraction of sp³-hybridized carbons (Fsp3) is 0. The minimum atomic E-state index is 0.770. The van der Waals surface area contributed by atoms with Gasteiger partial charge in [-0.1, -0.05) is 34.1 Å². The lowest BCUT2D eigenvalue weighted by molar-refractivity contribution is 0.853. The highest BCUT2D eigenvalue weighted by Crippen LogP contribution is 2.28. The second-order valence-corrected chi connectivity index (χ2v) is 7.08. The van der Waals surface area contributed by atoms with E-state index in [1.54, 1.807) is 18.6 Å². The number of hydrogen-bond donors (Lipinski definition) is 1. The number of aromatic amines is 1. The average Bonchev–Trinajstić information content (AvgIpc) is 3.31. The third-order valence-corrected chi connectivity index (χ3v) is 5.15. The van der Waals surface area contributed by atoms with Gasteiger partial charge in [0.1, 0.15) is 0 Å². The van der Waals surface area contributed by atoms with E-state index in [1.165, 1.54) is 11.3 Å². The van der Waals surface area contributed by atoms with Crippen LogP contribution in [0.1, 0.15) is 5.69 Å². The van der Waals surface area contributed by atoms with E-state index < -0.39 is 0 Å². The van der Waals surface area contributed by atoms with Gasteiger partial charge in [0.05, 0.1) is 29.5 Å². The summed E-state index contributed by atoms with van der Waals surface area (Å²) in [6.07, 6.45) is 7.12. The third kappa shape index (κ3) is 3.58. The molecule has 0 bridgehead atoms. The van der Waals surface area contributed by atoms with Crippen LogP contribution in [-0.2, 0) is 0 Å². The van der Waals surface area contributed by atoms with Gasteiger partial charge in [-0.2, -0.15) is 5.10 Å². The minimum absolute atomic E-state index is 0.770. The number of thiazole rings is 1. The fourth-order valence-corrected chi connectivity index (χ4v) is 3.75. The maximum Gasteiger partial charge on any atom is 0.211 e. The van der Waals surface area contributed by atoms with Crippen LogP contribution in [0, 0.1) is 0 Å². The summed E-state index contributed by atoms with van der Waals surface area (Å²) in [6.45, 7) is 0. The molecule has 0 aliphatic heterocycles. The average molecular weight is 424 g/mol. The monoisotopic (exact) mass is 423 g/mol. The number of benzene rings is 1. The van der Waals surface area contributed by atoms with Gasteiger partial charge in [0.2, 0.25) is 4.80 Å². The highest BCUT2D eigenvalue weighted by molar-refractivity contribution is 9.10. The van der Waals surface area contributed by atoms with Crippen LogP contribution in [0.4, 0.5) is 5.69 Å². The van der Waals surface area contributed by atoms with Crippen molar-refractivity contribution in [2.45, 2.75) is 0 Å². The smallest absolute Gasteiger partial charge is 0.211 e. The lowest BCUT2D eigenvalue weighted by Crippen LogP contribution is -2.11. The summed E-state index contributed by atoms with van der Waals surface area (Å²) >= 11 is 5.16. The lowest BCUT2D eigenvalue weighted by Gasteiger charge is -2.05. The minimum Gasteiger partial charge on any atom is -0.360 e. The number of H-pyrrole nitrogens is 1. The quantitative estimate of drug-likeness (QED) is 0.470. The molecule has 7 heteroatoms. The predicted molar refractivity (Wildman–Crippen MR) is 109 cm³/mol. The van der Waals surface area contributed by atoms with Crippen LogP contribution in [-0.4, -0.2) is 20.9 Å². The van der Waals surface area contributed by atoms with Crippen LogP contribution in [0.25, 0.3) is 11.3 Å². The Morgan fingerprint density at radius 3 is 2.81 bits per heavy atom. The third-order valence-electron chi connectivity index (χ3n) is 3.64. The number of halogens is 1. The molecule has 0 unspecified atom stereocenters. The molecule has 0 aliphatic carbocycles. The zero-order chi connectivity index (χ0) is 17.8. The van der Waals surface area contributed by atoms with Gasteiger partial charge in [0.25, 0.3) is 0 Å². The molecule has 26 heavy (non-hydrogen) atoms. The van der Waals surface area contributed by atoms with Crippen molar-refractivity contribution in [2.24, 2.45) is 10.1 Å². The van der Waals surface area contributed by atoms with Crippen molar-refractivity contribution in [3.8, 4) is 11.3 Å². The Morgan fingerprint density at radius 1 is 1.12 bits per heavy atom. The van der Waals surface area contributed by atoms with Crippen molar-refractivity contribution in [3.05, 3.63) is 87.5 Å². The molecule has 0 saturated carbocycles. The van der Waals surface area contributed by atoms with Gasteiger partial charge in [-0.15, -0.1) is 11.3 Å². The molecule has 3 heterocycles. The van der Waals surface area contributed by atoms with Crippen LogP contribution in [0.5, 0.6) is 0 Å². The molecule has 1 aromatic carbocycles. The Balaban J connectivity index is 1.88. The summed E-state index contributed by atoms with van der Waals surface area (Å²) < 4.78 is 2.85. The van der Waals surface area contributed by atoms with Gasteiger partial charge < -0.3 is 4.98 Å². The first kappa shape index (κ1) is 16.7. The second kappa shape index (κ2) is 7.63. The van der Waals surface area contributed by atoms with E-state index >= 15 is 0 Å². The van der Waals surface area contributed by atoms with E-state index in [2.05, 4.69) is 42.4 Å². The van der Waals surface area contributed by atoms with Crippen LogP contribution < -0.4 is 4.80 Å². The van der Waals surface area contributed by atoms with Gasteiger partial charge >= 0.3 is 0 Å². The number of aromatic nitrogens is 3. The fourth-order valence-electron chi connectivity index (χ4n) is 2.42. The Morgan fingerprint density at radius 2 is 2.04 bits per heavy atom. The molecule has 0 spiro atoms. The van der Waals surface area contributed by atoms with Crippen molar-refractivity contribution < 1.29 is 0 Å². The Labute approximate surface area is 162 Å². The molecular formula is C19H14BrN5S. The zero-order valence-corrected chi connectivity index (χ0v) is 16.0. The van der Waals surface area contributed by atoms with E-state index in [1.807, 2.05) is 53.3 Å². The number of rotatable bonds is 4. The molecule has 128 valence electrons. The summed E-state index contributed by atoms with van der Waals surface area (Å²) in [5.74, 6) is 0. The van der Waals surface area contributed by atoms with Crippen LogP contribution in [0.15, 0.2) is 87.1 Å². The van der Waals surface area contributed by atoms with E-state index in [4.69, 9.17) is 4.99 Å². The van der Waals surface area contributed by atoms with Crippen molar-refractivity contribution in [3.63, 3.8) is 0 Å². The Hall–Kier alpha value is -2.77. The van der Waals surface area contributed by atoms with Gasteiger partial charge in [-0.25, -0.2) is 9.67 Å². The SMILES string of the molecule is Brc1ccccc1-c1csc(=Nc2cccnc2)n1N=Cc1ccc[nH]1. The maximum atomic E-state index is 4.70. The second-order valence-electron chi connectivity index (χ2n) is 5.39. The van der Waals surface area contributed by atoms with Gasteiger partial charge in [-0.05, 0) is 30.3 Å². The summed E-state index contributed by atoms with van der Waals surface area (Å²) in [7, 11) is 0. The number of nitrogens with zero attached hydrogens (tertiary/aromatic N) is 4. The molecule has 0 aliphatic rings. The van der Waals surface area contributed by atoms with E-state index in [-0.39, 0.29) is 0 Å². The Kier molecular flexibility index (Phi) is 4.90. The van der Waals surface area contributed by atoms with Gasteiger partial charge in [0, 0.05) is 27.8 Å². The topological polar surface area (TPSA) is 58.3 Å². The molecule has 4 rings (SSSR count). The zero-order valence-electron chi connectivity index (χ0n) is 13.6. The molecule has 0 amide bonds. The highest BCUT2D eigenvalue weighted by Gasteiger charge is 2.10. The van der Waals surface area contributed by atoms with Crippen molar-refractivity contribution in [1.82, 2.24) is 14.6 Å². The highest BCUT2D eigenvalue weighted by atomic mass is 79.9. The van der Waals surface area contributed by atoms with E-state index in [0.717, 1.165) is 31.9 Å². The molecule has 1 N–H and O–H groups in total. The molecule has 0 saturated heterocycles. The largest absolute Gasteiger partial charge is 0.360 e. The maximum absolute atomic E-state index is 4.70. The van der Waals surface area contributed by atoms with Crippen molar-refractivity contribution in [1.29, 1.82) is 0 Å². The first-order valence-corrected chi connectivity index (χ1v) is 9.56. The molecule has 0 atom stereocenters. The molecule has 5 nitrogen and oxygen atoms in total. The van der Waals surface area contributed by atoms with E-state index in [9.17, 15) is 0 Å². The molecular weight excluding hydrogens is 410 g/mol. The number of pyridine rings is 1. The van der Waals surface area contributed by atoms with E-state index in [0.29, 0.717) is 0 Å². The number of hydrogen-bond acceptors (Lipinski definition) is 4. The molecule has 4 aromatic rings. The normalized spacial score (nSPS) is 12.1. The van der Waals surface area contributed by atoms with Crippen LogP contribution >= 0.6 is 27.3 Å². The summed E-state index contributed by atoms with van der Waals surface area (Å²) in [5.41, 5.74) is 3.74. The molecule has 0 radical (unpaired) electrons. The summed E-state index contributed by atoms with van der Waals surface area (Å²) in [6, 6.07) is 15.8. The van der Waals surface area contributed by atoms with Crippen molar-refractivity contribution in [2.75, 3.05) is 0 Å². The molecule has 3 aromatic heterocycles. The standard InChI is InChI=1S/C19H14BrN5S/c20-17-8-2-1-7-16(17)18-13-26-19(24-15-6-3-9-21-11-15)25(18)23-12-14-5-4-10-22-14/h1-13,22H. The van der Waals surface area contributed by atoms with Gasteiger partial charge in [-0.3, -0.25) is 4.98 Å². The Bertz CT molecular complexity index is 1090. The molecule has 0 fully saturated rings.